The summed E-state index contributed by atoms with van der Waals surface area (Å²) >= 11 is 7.32. The highest BCUT2D eigenvalue weighted by atomic mass is 32.2. The van der Waals surface area contributed by atoms with E-state index in [0.29, 0.717) is 0 Å². The predicted octanol–water partition coefficient (Wildman–Crippen LogP) is 12.1. The quantitative estimate of drug-likeness (QED) is 0.147. The van der Waals surface area contributed by atoms with E-state index in [-0.39, 0.29) is 0 Å². The molecule has 0 radical (unpaired) electrons. The highest BCUT2D eigenvalue weighted by Gasteiger charge is 2.23. The van der Waals surface area contributed by atoms with Crippen molar-refractivity contribution in [3.8, 4) is 0 Å². The molecule has 41 heavy (non-hydrogen) atoms. The molecule has 0 nitrogen and oxygen atoms in total. The Balaban J connectivity index is 1.43. The van der Waals surface area contributed by atoms with E-state index in [1.807, 2.05) is 47.0 Å². The molecule has 0 unspecified atom stereocenters. The van der Waals surface area contributed by atoms with Crippen molar-refractivity contribution in [3.05, 3.63) is 167 Å². The van der Waals surface area contributed by atoms with E-state index in [1.54, 1.807) is 0 Å². The van der Waals surface area contributed by atoms with Crippen LogP contribution in [0.3, 0.4) is 0 Å². The fraction of sp³-hybridized carbons (Fsp3) is 0. The third-order valence-electron chi connectivity index (χ3n) is 7.47. The molecule has 6 aromatic carbocycles. The number of hydrogen-bond donors (Lipinski definition) is 0. The third-order valence-corrected chi connectivity index (χ3v) is 12.5. The van der Waals surface area contributed by atoms with Gasteiger partial charge in [-0.15, -0.1) is 5.73 Å². The minimum absolute atomic E-state index is 1.11. The Morgan fingerprint density at radius 3 is 1.80 bits per heavy atom. The van der Waals surface area contributed by atoms with Gasteiger partial charge in [0.05, 0.1) is 8.47 Å². The average Bonchev–Trinajstić information content (AvgIpc) is 3.75. The Morgan fingerprint density at radius 1 is 0.488 bits per heavy atom. The normalized spacial score (nSPS) is 14.8. The second-order valence-electron chi connectivity index (χ2n) is 9.86. The maximum Gasteiger partial charge on any atom is 0.0700 e. The first-order valence-electron chi connectivity index (χ1n) is 13.4. The van der Waals surface area contributed by atoms with E-state index in [2.05, 4.69) is 137 Å². The molecule has 8 rings (SSSR count). The van der Waals surface area contributed by atoms with Gasteiger partial charge in [0.15, 0.2) is 0 Å². The summed E-state index contributed by atoms with van der Waals surface area (Å²) in [5, 5.41) is 14.4. The molecule has 0 aliphatic carbocycles. The Hall–Kier alpha value is -3.50. The van der Waals surface area contributed by atoms with Gasteiger partial charge < -0.3 is 0 Å². The topological polar surface area (TPSA) is 0 Å². The maximum atomic E-state index is 4.01. The minimum atomic E-state index is 1.11. The standard InChI is InChI=1S/C37H22S4/c1-3-8-24(9-4-1)31(29-18-16-28-15-14-26-12-7-13-27-17-19-30(29)35(28)34(26)27)22-32(25-10-5-2-6-11-25)33-23-40-37(41-33)36-38-20-21-39-36/h1-21,23H. The first-order valence-corrected chi connectivity index (χ1v) is 16.9. The molecule has 6 aromatic rings. The van der Waals surface area contributed by atoms with Gasteiger partial charge in [-0.1, -0.05) is 162 Å². The van der Waals surface area contributed by atoms with Crippen molar-refractivity contribution in [2.75, 3.05) is 0 Å². The van der Waals surface area contributed by atoms with Crippen LogP contribution < -0.4 is 0 Å². The van der Waals surface area contributed by atoms with Crippen LogP contribution in [0.2, 0.25) is 0 Å². The molecule has 194 valence electrons. The van der Waals surface area contributed by atoms with Crippen molar-refractivity contribution in [1.82, 2.24) is 0 Å². The summed E-state index contributed by atoms with van der Waals surface area (Å²) in [4.78, 5) is 1.24. The smallest absolute Gasteiger partial charge is 0.0700 e. The lowest BCUT2D eigenvalue weighted by molar-refractivity contribution is 1.58. The first kappa shape index (κ1) is 25.2. The van der Waals surface area contributed by atoms with E-state index < -0.39 is 0 Å². The van der Waals surface area contributed by atoms with Crippen molar-refractivity contribution >= 4 is 90.5 Å². The van der Waals surface area contributed by atoms with Crippen LogP contribution in [0.5, 0.6) is 0 Å². The van der Waals surface area contributed by atoms with E-state index in [9.17, 15) is 0 Å². The monoisotopic (exact) mass is 594 g/mol. The van der Waals surface area contributed by atoms with E-state index >= 15 is 0 Å². The Bertz CT molecular complexity index is 2090. The van der Waals surface area contributed by atoms with Gasteiger partial charge in [0.1, 0.15) is 0 Å². The number of hydrogen-bond acceptors (Lipinski definition) is 4. The molecule has 0 saturated heterocycles. The Morgan fingerprint density at radius 2 is 1.10 bits per heavy atom. The van der Waals surface area contributed by atoms with Gasteiger partial charge in [-0.25, -0.2) is 0 Å². The minimum Gasteiger partial charge on any atom is -0.102 e. The number of benzene rings is 6. The molecule has 2 heterocycles. The SMILES string of the molecule is C(=C(C1=CSC(=C2SC=CS2)S1)c1ccccc1)=C(c1ccccc1)c1ccc2ccc3cccc4ccc1c2c34. The predicted molar refractivity (Wildman–Crippen MR) is 187 cm³/mol. The molecule has 0 bridgehead atoms. The van der Waals surface area contributed by atoms with Crippen LogP contribution in [-0.4, -0.2) is 0 Å². The zero-order chi connectivity index (χ0) is 27.2. The summed E-state index contributed by atoms with van der Waals surface area (Å²) in [6.45, 7) is 0. The van der Waals surface area contributed by atoms with Gasteiger partial charge in [0.25, 0.3) is 0 Å². The van der Waals surface area contributed by atoms with Gasteiger partial charge >= 0.3 is 0 Å². The van der Waals surface area contributed by atoms with Crippen LogP contribution in [0.25, 0.3) is 43.5 Å². The zero-order valence-corrected chi connectivity index (χ0v) is 25.1. The molecule has 0 saturated carbocycles. The zero-order valence-electron chi connectivity index (χ0n) is 21.8. The lowest BCUT2D eigenvalue weighted by Crippen LogP contribution is -1.93. The van der Waals surface area contributed by atoms with Crippen LogP contribution in [0, 0.1) is 0 Å². The highest BCUT2D eigenvalue weighted by Crippen LogP contribution is 2.56. The van der Waals surface area contributed by atoms with Crippen molar-refractivity contribution in [2.24, 2.45) is 0 Å². The lowest BCUT2D eigenvalue weighted by Gasteiger charge is -2.16. The molecular formula is C37H22S4. The van der Waals surface area contributed by atoms with Gasteiger partial charge in [-0.05, 0) is 65.2 Å². The van der Waals surface area contributed by atoms with Gasteiger partial charge in [0, 0.05) is 16.1 Å². The summed E-state index contributed by atoms with van der Waals surface area (Å²) in [7, 11) is 0. The summed E-state index contributed by atoms with van der Waals surface area (Å²) < 4.78 is 2.71. The van der Waals surface area contributed by atoms with Crippen LogP contribution in [0.4, 0.5) is 0 Å². The molecule has 2 aliphatic rings. The third kappa shape index (κ3) is 4.57. The van der Waals surface area contributed by atoms with Crippen molar-refractivity contribution < 1.29 is 0 Å². The molecule has 2 aliphatic heterocycles. The summed E-state index contributed by atoms with van der Waals surface area (Å²) in [6.07, 6.45) is 0. The number of rotatable bonds is 4. The molecule has 0 fully saturated rings. The lowest BCUT2D eigenvalue weighted by atomic mass is 9.87. The van der Waals surface area contributed by atoms with Gasteiger partial charge in [-0.2, -0.15) is 0 Å². The van der Waals surface area contributed by atoms with Gasteiger partial charge in [0.2, 0.25) is 0 Å². The van der Waals surface area contributed by atoms with E-state index in [1.165, 1.54) is 56.8 Å². The molecule has 0 spiro atoms. The Kier molecular flexibility index (Phi) is 6.60. The molecule has 4 heteroatoms. The Labute approximate surface area is 256 Å². The van der Waals surface area contributed by atoms with Crippen molar-refractivity contribution in [3.63, 3.8) is 0 Å². The highest BCUT2D eigenvalue weighted by molar-refractivity contribution is 8.33. The number of allylic oxidation sites excluding steroid dienone is 1. The second kappa shape index (κ2) is 10.7. The molecule has 0 N–H and O–H groups in total. The first-order chi connectivity index (χ1) is 20.3. The fourth-order valence-electron chi connectivity index (χ4n) is 5.62. The summed E-state index contributed by atoms with van der Waals surface area (Å²) in [5.41, 5.74) is 9.79. The van der Waals surface area contributed by atoms with E-state index in [4.69, 9.17) is 0 Å². The molecule has 0 aromatic heterocycles. The van der Waals surface area contributed by atoms with Gasteiger partial charge in [-0.3, -0.25) is 0 Å². The van der Waals surface area contributed by atoms with Crippen molar-refractivity contribution in [1.29, 1.82) is 0 Å². The van der Waals surface area contributed by atoms with Crippen LogP contribution >= 0.6 is 47.0 Å². The maximum absolute atomic E-state index is 4.01. The second-order valence-corrected chi connectivity index (χ2v) is 14.1. The summed E-state index contributed by atoms with van der Waals surface area (Å²) in [6, 6.07) is 41.7. The average molecular weight is 595 g/mol. The molecule has 0 atom stereocenters. The molecule has 0 amide bonds. The molecular weight excluding hydrogens is 573 g/mol. The summed E-state index contributed by atoms with van der Waals surface area (Å²) in [5.74, 6) is 0. The number of thioether (sulfide) groups is 4. The largest absolute Gasteiger partial charge is 0.102 e. The van der Waals surface area contributed by atoms with Crippen LogP contribution in [-0.2, 0) is 0 Å². The van der Waals surface area contributed by atoms with Crippen LogP contribution in [0.1, 0.15) is 16.7 Å². The van der Waals surface area contributed by atoms with E-state index in [0.717, 1.165) is 16.7 Å². The van der Waals surface area contributed by atoms with Crippen LogP contribution in [0.15, 0.2) is 151 Å². The van der Waals surface area contributed by atoms with Crippen molar-refractivity contribution in [2.45, 2.75) is 0 Å². The fourth-order valence-corrected chi connectivity index (χ4v) is 10.1.